The second-order valence-corrected chi connectivity index (χ2v) is 5.83. The van der Waals surface area contributed by atoms with Gasteiger partial charge in [0.1, 0.15) is 5.82 Å². The maximum Gasteiger partial charge on any atom is 0.147 e. The molecule has 1 aromatic carbocycles. The molecule has 2 unspecified atom stereocenters. The SMILES string of the molecule is Cc1nccnc1NC1CC(C)N(Cc2ccccc2)C1. The lowest BCUT2D eigenvalue weighted by atomic mass is 10.2. The van der Waals surface area contributed by atoms with Gasteiger partial charge in [-0.1, -0.05) is 30.3 Å². The van der Waals surface area contributed by atoms with E-state index in [1.807, 2.05) is 6.92 Å². The lowest BCUT2D eigenvalue weighted by Crippen LogP contribution is -2.28. The van der Waals surface area contributed by atoms with Gasteiger partial charge in [-0.2, -0.15) is 0 Å². The van der Waals surface area contributed by atoms with Crippen molar-refractivity contribution in [2.45, 2.75) is 38.9 Å². The third-order valence-corrected chi connectivity index (χ3v) is 4.15. The number of hydrogen-bond donors (Lipinski definition) is 1. The van der Waals surface area contributed by atoms with Gasteiger partial charge in [0.05, 0.1) is 5.69 Å². The van der Waals surface area contributed by atoms with Gasteiger partial charge in [-0.05, 0) is 25.8 Å². The van der Waals surface area contributed by atoms with Crippen LogP contribution >= 0.6 is 0 Å². The summed E-state index contributed by atoms with van der Waals surface area (Å²) in [5.74, 6) is 0.913. The molecule has 1 aromatic heterocycles. The molecule has 3 rings (SSSR count). The second-order valence-electron chi connectivity index (χ2n) is 5.83. The van der Waals surface area contributed by atoms with Crippen LogP contribution in [-0.2, 0) is 6.54 Å². The maximum atomic E-state index is 4.38. The molecule has 110 valence electrons. The summed E-state index contributed by atoms with van der Waals surface area (Å²) in [6, 6.07) is 11.7. The van der Waals surface area contributed by atoms with Crippen LogP contribution in [0.3, 0.4) is 0 Å². The van der Waals surface area contributed by atoms with Crippen molar-refractivity contribution >= 4 is 5.82 Å². The molecule has 2 aromatic rings. The number of aromatic nitrogens is 2. The van der Waals surface area contributed by atoms with Crippen molar-refractivity contribution in [2.24, 2.45) is 0 Å². The monoisotopic (exact) mass is 282 g/mol. The van der Waals surface area contributed by atoms with Crippen molar-refractivity contribution < 1.29 is 0 Å². The molecule has 1 fully saturated rings. The average Bonchev–Trinajstić information content (AvgIpc) is 2.82. The predicted molar refractivity (Wildman–Crippen MR) is 85.1 cm³/mol. The number of aryl methyl sites for hydroxylation is 1. The summed E-state index contributed by atoms with van der Waals surface area (Å²) in [5.41, 5.74) is 2.34. The van der Waals surface area contributed by atoms with Crippen molar-refractivity contribution in [1.29, 1.82) is 0 Å². The highest BCUT2D eigenvalue weighted by atomic mass is 15.2. The van der Waals surface area contributed by atoms with Crippen LogP contribution in [0, 0.1) is 6.92 Å². The van der Waals surface area contributed by atoms with E-state index in [1.54, 1.807) is 12.4 Å². The minimum absolute atomic E-state index is 0.444. The van der Waals surface area contributed by atoms with Gasteiger partial charge >= 0.3 is 0 Å². The minimum atomic E-state index is 0.444. The Kier molecular flexibility index (Phi) is 4.15. The Bertz CT molecular complexity index is 584. The van der Waals surface area contributed by atoms with Gasteiger partial charge in [0.15, 0.2) is 0 Å². The normalized spacial score (nSPS) is 22.4. The molecule has 1 aliphatic heterocycles. The van der Waals surface area contributed by atoms with E-state index in [-0.39, 0.29) is 0 Å². The molecule has 0 spiro atoms. The molecular weight excluding hydrogens is 260 g/mol. The van der Waals surface area contributed by atoms with Gasteiger partial charge in [0.25, 0.3) is 0 Å². The van der Waals surface area contributed by atoms with E-state index in [0.29, 0.717) is 12.1 Å². The standard InChI is InChI=1S/C17H22N4/c1-13-10-16(20-17-14(2)18-8-9-19-17)12-21(13)11-15-6-4-3-5-7-15/h3-9,13,16H,10-12H2,1-2H3,(H,19,20). The Labute approximate surface area is 126 Å². The highest BCUT2D eigenvalue weighted by Gasteiger charge is 2.29. The fourth-order valence-corrected chi connectivity index (χ4v) is 2.98. The smallest absolute Gasteiger partial charge is 0.147 e. The van der Waals surface area contributed by atoms with Crippen LogP contribution in [0.25, 0.3) is 0 Å². The number of hydrogen-bond acceptors (Lipinski definition) is 4. The summed E-state index contributed by atoms with van der Waals surface area (Å²) in [7, 11) is 0. The van der Waals surface area contributed by atoms with Gasteiger partial charge in [-0.25, -0.2) is 4.98 Å². The highest BCUT2D eigenvalue weighted by Crippen LogP contribution is 2.23. The van der Waals surface area contributed by atoms with E-state index in [0.717, 1.165) is 31.0 Å². The molecule has 1 aliphatic rings. The van der Waals surface area contributed by atoms with Crippen LogP contribution < -0.4 is 5.32 Å². The molecule has 2 heterocycles. The van der Waals surface area contributed by atoms with E-state index in [2.05, 4.69) is 57.4 Å². The first-order valence-electron chi connectivity index (χ1n) is 7.54. The van der Waals surface area contributed by atoms with Gasteiger partial charge in [-0.3, -0.25) is 9.88 Å². The van der Waals surface area contributed by atoms with Gasteiger partial charge in [0, 0.05) is 37.6 Å². The molecule has 4 nitrogen and oxygen atoms in total. The molecule has 0 aliphatic carbocycles. The van der Waals surface area contributed by atoms with Crippen LogP contribution in [0.5, 0.6) is 0 Å². The number of benzene rings is 1. The van der Waals surface area contributed by atoms with E-state index >= 15 is 0 Å². The first-order valence-corrected chi connectivity index (χ1v) is 7.54. The summed E-state index contributed by atoms with van der Waals surface area (Å²) >= 11 is 0. The third kappa shape index (κ3) is 3.39. The van der Waals surface area contributed by atoms with Crippen molar-refractivity contribution in [3.63, 3.8) is 0 Å². The molecule has 2 atom stereocenters. The highest BCUT2D eigenvalue weighted by molar-refractivity contribution is 5.39. The first kappa shape index (κ1) is 14.0. The van der Waals surface area contributed by atoms with Crippen molar-refractivity contribution in [3.8, 4) is 0 Å². The number of nitrogens with zero attached hydrogens (tertiary/aromatic N) is 3. The number of rotatable bonds is 4. The molecule has 0 amide bonds. The summed E-state index contributed by atoms with van der Waals surface area (Å²) in [4.78, 5) is 11.2. The summed E-state index contributed by atoms with van der Waals surface area (Å²) in [6.07, 6.45) is 4.62. The van der Waals surface area contributed by atoms with Gasteiger partial charge < -0.3 is 5.32 Å². The Morgan fingerprint density at radius 1 is 1.19 bits per heavy atom. The first-order chi connectivity index (χ1) is 10.2. The van der Waals surface area contributed by atoms with Crippen LogP contribution in [0.15, 0.2) is 42.7 Å². The Balaban J connectivity index is 1.62. The summed E-state index contributed by atoms with van der Waals surface area (Å²) in [6.45, 7) is 6.36. The molecule has 1 saturated heterocycles. The van der Waals surface area contributed by atoms with Crippen molar-refractivity contribution in [2.75, 3.05) is 11.9 Å². The van der Waals surface area contributed by atoms with Crippen LogP contribution in [0.2, 0.25) is 0 Å². The zero-order chi connectivity index (χ0) is 14.7. The topological polar surface area (TPSA) is 41.1 Å². The number of nitrogens with one attached hydrogen (secondary N) is 1. The van der Waals surface area contributed by atoms with E-state index in [1.165, 1.54) is 5.56 Å². The van der Waals surface area contributed by atoms with Crippen LogP contribution in [0.4, 0.5) is 5.82 Å². The molecule has 0 radical (unpaired) electrons. The average molecular weight is 282 g/mol. The zero-order valence-corrected chi connectivity index (χ0v) is 12.7. The van der Waals surface area contributed by atoms with Crippen molar-refractivity contribution in [3.05, 3.63) is 54.0 Å². The quantitative estimate of drug-likeness (QED) is 0.936. The van der Waals surface area contributed by atoms with Crippen molar-refractivity contribution in [1.82, 2.24) is 14.9 Å². The predicted octanol–water partition coefficient (Wildman–Crippen LogP) is 2.86. The lowest BCUT2D eigenvalue weighted by molar-refractivity contribution is 0.259. The summed E-state index contributed by atoms with van der Waals surface area (Å²) in [5, 5.41) is 3.54. The molecule has 21 heavy (non-hydrogen) atoms. The molecule has 4 heteroatoms. The van der Waals surface area contributed by atoms with E-state index in [9.17, 15) is 0 Å². The molecule has 0 bridgehead atoms. The number of anilines is 1. The third-order valence-electron chi connectivity index (χ3n) is 4.15. The van der Waals surface area contributed by atoms with Gasteiger partial charge in [0.2, 0.25) is 0 Å². The zero-order valence-electron chi connectivity index (χ0n) is 12.7. The Morgan fingerprint density at radius 2 is 1.95 bits per heavy atom. The minimum Gasteiger partial charge on any atom is -0.364 e. The Hall–Kier alpha value is -1.94. The lowest BCUT2D eigenvalue weighted by Gasteiger charge is -2.21. The largest absolute Gasteiger partial charge is 0.364 e. The van der Waals surface area contributed by atoms with E-state index < -0.39 is 0 Å². The van der Waals surface area contributed by atoms with Gasteiger partial charge in [-0.15, -0.1) is 0 Å². The number of likely N-dealkylation sites (tertiary alicyclic amines) is 1. The Morgan fingerprint density at radius 3 is 2.71 bits per heavy atom. The fraction of sp³-hybridized carbons (Fsp3) is 0.412. The van der Waals surface area contributed by atoms with E-state index in [4.69, 9.17) is 0 Å². The molecular formula is C17H22N4. The fourth-order valence-electron chi connectivity index (χ4n) is 2.98. The second kappa shape index (κ2) is 6.22. The molecule has 0 saturated carbocycles. The van der Waals surface area contributed by atoms with Crippen LogP contribution in [0.1, 0.15) is 24.6 Å². The molecule has 1 N–H and O–H groups in total. The van der Waals surface area contributed by atoms with Crippen LogP contribution in [-0.4, -0.2) is 33.5 Å². The summed E-state index contributed by atoms with van der Waals surface area (Å²) < 4.78 is 0. The maximum absolute atomic E-state index is 4.38.